The molecular formula is C23H25NO5S. The summed E-state index contributed by atoms with van der Waals surface area (Å²) in [4.78, 5) is 27.4. The maximum atomic E-state index is 12.8. The number of nitrogens with zero attached hydrogens (tertiary/aromatic N) is 1. The molecule has 2 heterocycles. The second-order valence-electron chi connectivity index (χ2n) is 6.43. The third-order valence-electron chi connectivity index (χ3n) is 4.52. The lowest BCUT2D eigenvalue weighted by Crippen LogP contribution is -2.29. The second kappa shape index (κ2) is 10.1. The topological polar surface area (TPSA) is 65.1 Å². The minimum atomic E-state index is -0.548. The summed E-state index contributed by atoms with van der Waals surface area (Å²) >= 11 is 1.50. The predicted octanol–water partition coefficient (Wildman–Crippen LogP) is 4.64. The minimum absolute atomic E-state index is 0.244. The monoisotopic (exact) mass is 427 g/mol. The summed E-state index contributed by atoms with van der Waals surface area (Å²) in [5, 5.41) is 3.84. The number of anilines is 1. The zero-order valence-electron chi connectivity index (χ0n) is 17.3. The third-order valence-corrected chi connectivity index (χ3v) is 5.22. The van der Waals surface area contributed by atoms with Crippen molar-refractivity contribution >= 4 is 29.0 Å². The van der Waals surface area contributed by atoms with Crippen molar-refractivity contribution in [3.8, 4) is 5.75 Å². The molecule has 158 valence electrons. The van der Waals surface area contributed by atoms with Crippen molar-refractivity contribution in [1.29, 1.82) is 0 Å². The first kappa shape index (κ1) is 21.6. The van der Waals surface area contributed by atoms with E-state index in [0.717, 1.165) is 17.0 Å². The van der Waals surface area contributed by atoms with E-state index < -0.39 is 17.9 Å². The number of hydrogen-bond acceptors (Lipinski definition) is 7. The molecule has 7 heteroatoms. The SMILES string of the molecule is CCOC(=O)C1=CN(c2ccc(OCC)cc2)C=C(C(=O)OCC)C1c1ccsc1. The first-order valence-electron chi connectivity index (χ1n) is 9.89. The van der Waals surface area contributed by atoms with E-state index in [1.54, 1.807) is 31.1 Å². The standard InChI is InChI=1S/C23H25NO5S/c1-4-27-18-9-7-17(8-10-18)24-13-19(22(25)28-5-2)21(16-11-12-30-15-16)20(14-24)23(26)29-6-3/h7-15,21H,4-6H2,1-3H3. The van der Waals surface area contributed by atoms with Gasteiger partial charge in [0.2, 0.25) is 0 Å². The number of rotatable bonds is 8. The summed E-state index contributed by atoms with van der Waals surface area (Å²) in [6, 6.07) is 9.34. The predicted molar refractivity (Wildman–Crippen MR) is 117 cm³/mol. The molecule has 0 aliphatic carbocycles. The Labute approximate surface area is 180 Å². The number of benzene rings is 1. The summed E-state index contributed by atoms with van der Waals surface area (Å²) in [7, 11) is 0. The fourth-order valence-electron chi connectivity index (χ4n) is 3.25. The van der Waals surface area contributed by atoms with Gasteiger partial charge in [0.1, 0.15) is 5.75 Å². The van der Waals surface area contributed by atoms with E-state index in [1.807, 2.05) is 48.0 Å². The molecule has 0 bridgehead atoms. The summed E-state index contributed by atoms with van der Waals surface area (Å²) in [5.74, 6) is -0.717. The van der Waals surface area contributed by atoms with Crippen molar-refractivity contribution in [2.24, 2.45) is 0 Å². The number of esters is 2. The first-order valence-corrected chi connectivity index (χ1v) is 10.8. The van der Waals surface area contributed by atoms with E-state index in [1.165, 1.54) is 11.3 Å². The van der Waals surface area contributed by atoms with Crippen LogP contribution in [0.4, 0.5) is 5.69 Å². The van der Waals surface area contributed by atoms with E-state index in [0.29, 0.717) is 17.8 Å². The Balaban J connectivity index is 2.07. The highest BCUT2D eigenvalue weighted by Gasteiger charge is 2.36. The Hall–Kier alpha value is -3.06. The maximum Gasteiger partial charge on any atom is 0.336 e. The van der Waals surface area contributed by atoms with Gasteiger partial charge >= 0.3 is 11.9 Å². The van der Waals surface area contributed by atoms with Gasteiger partial charge in [0.25, 0.3) is 0 Å². The number of carbonyl (C=O) groups is 2. The number of carbonyl (C=O) groups excluding carboxylic acids is 2. The van der Waals surface area contributed by atoms with Crippen molar-refractivity contribution < 1.29 is 23.8 Å². The van der Waals surface area contributed by atoms with Crippen molar-refractivity contribution in [3.05, 3.63) is 70.2 Å². The lowest BCUT2D eigenvalue weighted by atomic mass is 9.84. The Morgan fingerprint density at radius 1 is 0.900 bits per heavy atom. The second-order valence-corrected chi connectivity index (χ2v) is 7.21. The molecule has 0 fully saturated rings. The Morgan fingerprint density at radius 3 is 1.97 bits per heavy atom. The highest BCUT2D eigenvalue weighted by Crippen LogP contribution is 2.39. The van der Waals surface area contributed by atoms with Crippen LogP contribution in [0.1, 0.15) is 32.3 Å². The van der Waals surface area contributed by atoms with Crippen LogP contribution in [0.25, 0.3) is 0 Å². The lowest BCUT2D eigenvalue weighted by molar-refractivity contribution is -0.139. The molecule has 0 N–H and O–H groups in total. The maximum absolute atomic E-state index is 12.8. The van der Waals surface area contributed by atoms with Gasteiger partial charge in [-0.25, -0.2) is 9.59 Å². The van der Waals surface area contributed by atoms with E-state index in [-0.39, 0.29) is 13.2 Å². The van der Waals surface area contributed by atoms with Gasteiger partial charge in [0, 0.05) is 18.1 Å². The number of hydrogen-bond donors (Lipinski definition) is 0. The van der Waals surface area contributed by atoms with Gasteiger partial charge in [0.05, 0.1) is 36.9 Å². The van der Waals surface area contributed by atoms with Crippen LogP contribution in [-0.4, -0.2) is 31.8 Å². The van der Waals surface area contributed by atoms with E-state index in [9.17, 15) is 9.59 Å². The molecule has 0 amide bonds. The molecular weight excluding hydrogens is 402 g/mol. The average molecular weight is 428 g/mol. The van der Waals surface area contributed by atoms with Gasteiger partial charge in [-0.1, -0.05) is 0 Å². The molecule has 30 heavy (non-hydrogen) atoms. The van der Waals surface area contributed by atoms with Crippen LogP contribution in [-0.2, 0) is 19.1 Å². The minimum Gasteiger partial charge on any atom is -0.494 e. The molecule has 6 nitrogen and oxygen atoms in total. The van der Waals surface area contributed by atoms with Gasteiger partial charge in [-0.3, -0.25) is 0 Å². The van der Waals surface area contributed by atoms with Gasteiger partial charge in [-0.15, -0.1) is 0 Å². The quantitative estimate of drug-likeness (QED) is 0.572. The molecule has 1 aliphatic rings. The highest BCUT2D eigenvalue weighted by molar-refractivity contribution is 7.08. The smallest absolute Gasteiger partial charge is 0.336 e. The number of ether oxygens (including phenoxy) is 3. The van der Waals surface area contributed by atoms with E-state index >= 15 is 0 Å². The molecule has 0 saturated carbocycles. The molecule has 0 radical (unpaired) electrons. The van der Waals surface area contributed by atoms with Gasteiger partial charge in [-0.2, -0.15) is 11.3 Å². The van der Waals surface area contributed by atoms with Crippen molar-refractivity contribution in [1.82, 2.24) is 0 Å². The van der Waals surface area contributed by atoms with Crippen LogP contribution < -0.4 is 9.64 Å². The van der Waals surface area contributed by atoms with Crippen molar-refractivity contribution in [3.63, 3.8) is 0 Å². The summed E-state index contributed by atoms with van der Waals surface area (Å²) in [6.07, 6.45) is 3.44. The molecule has 0 spiro atoms. The zero-order valence-corrected chi connectivity index (χ0v) is 18.1. The fourth-order valence-corrected chi connectivity index (χ4v) is 3.94. The van der Waals surface area contributed by atoms with Crippen molar-refractivity contribution in [2.45, 2.75) is 26.7 Å². The molecule has 2 aromatic rings. The Kier molecular flexibility index (Phi) is 7.30. The first-order chi connectivity index (χ1) is 14.6. The van der Waals surface area contributed by atoms with Gasteiger partial charge in [0.15, 0.2) is 0 Å². The molecule has 1 aromatic heterocycles. The fraction of sp³-hybridized carbons (Fsp3) is 0.304. The van der Waals surface area contributed by atoms with E-state index in [4.69, 9.17) is 14.2 Å². The summed E-state index contributed by atoms with van der Waals surface area (Å²) in [5.41, 5.74) is 2.40. The Bertz CT molecular complexity index is 895. The molecule has 1 aliphatic heterocycles. The largest absolute Gasteiger partial charge is 0.494 e. The Morgan fingerprint density at radius 2 is 1.50 bits per heavy atom. The van der Waals surface area contributed by atoms with E-state index in [2.05, 4.69) is 0 Å². The summed E-state index contributed by atoms with van der Waals surface area (Å²) in [6.45, 7) is 6.50. The molecule has 1 aromatic carbocycles. The molecule has 3 rings (SSSR count). The zero-order chi connectivity index (χ0) is 21.5. The number of thiophene rings is 1. The van der Waals surface area contributed by atoms with Crippen molar-refractivity contribution in [2.75, 3.05) is 24.7 Å². The molecule has 0 saturated heterocycles. The van der Waals surface area contributed by atoms with Crippen LogP contribution in [0.2, 0.25) is 0 Å². The normalized spacial score (nSPS) is 14.0. The lowest BCUT2D eigenvalue weighted by Gasteiger charge is -2.30. The van der Waals surface area contributed by atoms with Crippen LogP contribution in [0.3, 0.4) is 0 Å². The molecule has 0 atom stereocenters. The van der Waals surface area contributed by atoms with Gasteiger partial charge in [-0.05, 0) is 67.4 Å². The highest BCUT2D eigenvalue weighted by atomic mass is 32.1. The van der Waals surface area contributed by atoms with Gasteiger partial charge < -0.3 is 19.1 Å². The van der Waals surface area contributed by atoms with Crippen LogP contribution >= 0.6 is 11.3 Å². The van der Waals surface area contributed by atoms with Crippen LogP contribution in [0.15, 0.2) is 64.6 Å². The average Bonchev–Trinajstić information content (AvgIpc) is 3.28. The van der Waals surface area contributed by atoms with Crippen LogP contribution in [0.5, 0.6) is 5.75 Å². The third kappa shape index (κ3) is 4.74. The van der Waals surface area contributed by atoms with Crippen LogP contribution in [0, 0.1) is 0 Å². The summed E-state index contributed by atoms with van der Waals surface area (Å²) < 4.78 is 16.1. The molecule has 0 unspecified atom stereocenters.